The van der Waals surface area contributed by atoms with Crippen molar-refractivity contribution in [2.45, 2.75) is 70.8 Å². The minimum atomic E-state index is -0.800. The van der Waals surface area contributed by atoms with Crippen molar-refractivity contribution >= 4 is 5.97 Å². The molecular formula is C14H28O4. The second-order valence-corrected chi connectivity index (χ2v) is 4.78. The number of ether oxygens (including phenoxy) is 1. The molecule has 0 aliphatic carbocycles. The highest BCUT2D eigenvalue weighted by molar-refractivity contribution is 5.66. The summed E-state index contributed by atoms with van der Waals surface area (Å²) in [6.07, 6.45) is 8.35. The Morgan fingerprint density at radius 1 is 1.11 bits per heavy atom. The fourth-order valence-electron chi connectivity index (χ4n) is 1.79. The highest BCUT2D eigenvalue weighted by Crippen LogP contribution is 2.08. The maximum atomic E-state index is 10.2. The Balaban J connectivity index is 3.17. The van der Waals surface area contributed by atoms with E-state index < -0.39 is 12.1 Å². The highest BCUT2D eigenvalue weighted by Gasteiger charge is 2.04. The average Bonchev–Trinajstić information content (AvgIpc) is 2.33. The van der Waals surface area contributed by atoms with Gasteiger partial charge in [-0.05, 0) is 12.8 Å². The van der Waals surface area contributed by atoms with Crippen LogP contribution in [0.2, 0.25) is 0 Å². The SMILES string of the molecule is CCCCCCCCC(O)COCCCC(=O)O. The predicted octanol–water partition coefficient (Wildman–Crippen LogP) is 2.98. The quantitative estimate of drug-likeness (QED) is 0.500. The molecule has 0 aromatic carbocycles. The minimum absolute atomic E-state index is 0.132. The average molecular weight is 260 g/mol. The third-order valence-electron chi connectivity index (χ3n) is 2.88. The van der Waals surface area contributed by atoms with Crippen LogP contribution < -0.4 is 0 Å². The van der Waals surface area contributed by atoms with Crippen LogP contribution in [0.5, 0.6) is 0 Å². The van der Waals surface area contributed by atoms with E-state index in [0.29, 0.717) is 19.6 Å². The second kappa shape index (κ2) is 12.8. The molecule has 0 rings (SSSR count). The second-order valence-electron chi connectivity index (χ2n) is 4.78. The number of hydrogen-bond acceptors (Lipinski definition) is 3. The summed E-state index contributed by atoms with van der Waals surface area (Å²) in [5, 5.41) is 18.0. The summed E-state index contributed by atoms with van der Waals surface area (Å²) in [6, 6.07) is 0. The van der Waals surface area contributed by atoms with E-state index in [1.54, 1.807) is 0 Å². The van der Waals surface area contributed by atoms with E-state index in [-0.39, 0.29) is 6.42 Å². The Morgan fingerprint density at radius 2 is 1.78 bits per heavy atom. The minimum Gasteiger partial charge on any atom is -0.481 e. The zero-order valence-electron chi connectivity index (χ0n) is 11.6. The largest absolute Gasteiger partial charge is 0.481 e. The molecule has 4 nitrogen and oxygen atoms in total. The van der Waals surface area contributed by atoms with Crippen LogP contribution in [0.25, 0.3) is 0 Å². The maximum absolute atomic E-state index is 10.2. The molecule has 0 aromatic rings. The van der Waals surface area contributed by atoms with Crippen molar-refractivity contribution in [1.29, 1.82) is 0 Å². The van der Waals surface area contributed by atoms with Gasteiger partial charge in [-0.25, -0.2) is 0 Å². The number of unbranched alkanes of at least 4 members (excludes halogenated alkanes) is 5. The molecule has 1 unspecified atom stereocenters. The first-order valence-electron chi connectivity index (χ1n) is 7.14. The molecule has 2 N–H and O–H groups in total. The third kappa shape index (κ3) is 13.5. The van der Waals surface area contributed by atoms with Crippen LogP contribution in [0, 0.1) is 0 Å². The Hall–Kier alpha value is -0.610. The number of carboxylic acid groups (broad SMARTS) is 1. The Kier molecular flexibility index (Phi) is 12.4. The van der Waals surface area contributed by atoms with Gasteiger partial charge in [-0.2, -0.15) is 0 Å². The predicted molar refractivity (Wildman–Crippen MR) is 71.7 cm³/mol. The van der Waals surface area contributed by atoms with Crippen LogP contribution in [0.3, 0.4) is 0 Å². The molecule has 0 bridgehead atoms. The number of carbonyl (C=O) groups is 1. The van der Waals surface area contributed by atoms with E-state index >= 15 is 0 Å². The van der Waals surface area contributed by atoms with E-state index in [9.17, 15) is 9.90 Å². The van der Waals surface area contributed by atoms with Crippen molar-refractivity contribution in [2.24, 2.45) is 0 Å². The smallest absolute Gasteiger partial charge is 0.303 e. The number of aliphatic hydroxyl groups is 1. The molecule has 18 heavy (non-hydrogen) atoms. The van der Waals surface area contributed by atoms with Crippen LogP contribution in [0.1, 0.15) is 64.7 Å². The van der Waals surface area contributed by atoms with Crippen molar-refractivity contribution in [2.75, 3.05) is 13.2 Å². The Bertz CT molecular complexity index is 194. The molecule has 0 aliphatic heterocycles. The van der Waals surface area contributed by atoms with Crippen LogP contribution in [0.15, 0.2) is 0 Å². The van der Waals surface area contributed by atoms with Gasteiger partial charge in [0, 0.05) is 13.0 Å². The number of hydrogen-bond donors (Lipinski definition) is 2. The lowest BCUT2D eigenvalue weighted by Gasteiger charge is -2.10. The highest BCUT2D eigenvalue weighted by atomic mass is 16.5. The van der Waals surface area contributed by atoms with Crippen LogP contribution in [-0.4, -0.2) is 35.5 Å². The van der Waals surface area contributed by atoms with Gasteiger partial charge in [0.15, 0.2) is 0 Å². The van der Waals surface area contributed by atoms with E-state index in [1.807, 2.05) is 0 Å². The molecule has 0 fully saturated rings. The Labute approximate surface area is 110 Å². The molecule has 0 saturated heterocycles. The van der Waals surface area contributed by atoms with E-state index in [4.69, 9.17) is 9.84 Å². The van der Waals surface area contributed by atoms with Gasteiger partial charge < -0.3 is 14.9 Å². The van der Waals surface area contributed by atoms with Crippen LogP contribution in [-0.2, 0) is 9.53 Å². The monoisotopic (exact) mass is 260 g/mol. The summed E-state index contributed by atoms with van der Waals surface area (Å²) >= 11 is 0. The molecule has 4 heteroatoms. The number of aliphatic carboxylic acids is 1. The number of aliphatic hydroxyl groups excluding tert-OH is 1. The normalized spacial score (nSPS) is 12.6. The first kappa shape index (κ1) is 17.4. The fourth-order valence-corrected chi connectivity index (χ4v) is 1.79. The maximum Gasteiger partial charge on any atom is 0.303 e. The topological polar surface area (TPSA) is 66.8 Å². The molecule has 0 heterocycles. The van der Waals surface area contributed by atoms with Crippen molar-refractivity contribution < 1.29 is 19.7 Å². The van der Waals surface area contributed by atoms with E-state index in [0.717, 1.165) is 12.8 Å². The van der Waals surface area contributed by atoms with Gasteiger partial charge in [-0.15, -0.1) is 0 Å². The van der Waals surface area contributed by atoms with Gasteiger partial charge in [0.2, 0.25) is 0 Å². The molecule has 108 valence electrons. The molecule has 1 atom stereocenters. The lowest BCUT2D eigenvalue weighted by Crippen LogP contribution is -2.15. The summed E-state index contributed by atoms with van der Waals surface area (Å²) in [5.41, 5.74) is 0. The molecule has 0 aromatic heterocycles. The zero-order valence-corrected chi connectivity index (χ0v) is 11.6. The third-order valence-corrected chi connectivity index (χ3v) is 2.88. The molecule has 0 amide bonds. The number of rotatable bonds is 13. The molecule has 0 radical (unpaired) electrons. The van der Waals surface area contributed by atoms with Crippen molar-refractivity contribution in [3.63, 3.8) is 0 Å². The van der Waals surface area contributed by atoms with Gasteiger partial charge in [-0.1, -0.05) is 45.4 Å². The zero-order chi connectivity index (χ0) is 13.6. The summed E-state index contributed by atoms with van der Waals surface area (Å²) < 4.78 is 5.23. The molecule has 0 aliphatic rings. The summed E-state index contributed by atoms with van der Waals surface area (Å²) in [5.74, 6) is -0.800. The van der Waals surface area contributed by atoms with E-state index in [2.05, 4.69) is 6.92 Å². The molecule has 0 spiro atoms. The van der Waals surface area contributed by atoms with Gasteiger partial charge in [0.05, 0.1) is 12.7 Å². The van der Waals surface area contributed by atoms with Gasteiger partial charge in [0.25, 0.3) is 0 Å². The standard InChI is InChI=1S/C14H28O4/c1-2-3-4-5-6-7-9-13(15)12-18-11-8-10-14(16)17/h13,15H,2-12H2,1H3,(H,16,17). The number of carboxylic acids is 1. The Morgan fingerprint density at radius 3 is 2.44 bits per heavy atom. The molecular weight excluding hydrogens is 232 g/mol. The van der Waals surface area contributed by atoms with Gasteiger partial charge >= 0.3 is 5.97 Å². The summed E-state index contributed by atoms with van der Waals surface area (Å²) in [6.45, 7) is 2.94. The van der Waals surface area contributed by atoms with Crippen molar-refractivity contribution in [3.8, 4) is 0 Å². The van der Waals surface area contributed by atoms with Crippen molar-refractivity contribution in [3.05, 3.63) is 0 Å². The van der Waals surface area contributed by atoms with Gasteiger partial charge in [-0.3, -0.25) is 4.79 Å². The lowest BCUT2D eigenvalue weighted by atomic mass is 10.1. The summed E-state index contributed by atoms with van der Waals surface area (Å²) in [7, 11) is 0. The van der Waals surface area contributed by atoms with Gasteiger partial charge in [0.1, 0.15) is 0 Å². The molecule has 0 saturated carbocycles. The van der Waals surface area contributed by atoms with E-state index in [1.165, 1.54) is 32.1 Å². The van der Waals surface area contributed by atoms with Crippen LogP contribution >= 0.6 is 0 Å². The first-order chi connectivity index (χ1) is 8.66. The van der Waals surface area contributed by atoms with Crippen LogP contribution in [0.4, 0.5) is 0 Å². The fraction of sp³-hybridized carbons (Fsp3) is 0.929. The first-order valence-corrected chi connectivity index (χ1v) is 7.14. The summed E-state index contributed by atoms with van der Waals surface area (Å²) in [4.78, 5) is 10.2. The van der Waals surface area contributed by atoms with Crippen molar-refractivity contribution in [1.82, 2.24) is 0 Å². The lowest BCUT2D eigenvalue weighted by molar-refractivity contribution is -0.137.